The molecule has 4 rings (SSSR count). The SMILES string of the molecule is COc1ccc(CCNC(=O)COc2ccc3oc4ccccc4c3c2)cc1. The molecule has 5 heteroatoms. The molecule has 1 N–H and O–H groups in total. The van der Waals surface area contributed by atoms with Crippen LogP contribution in [0.15, 0.2) is 71.1 Å². The quantitative estimate of drug-likeness (QED) is 0.522. The Hall–Kier alpha value is -3.47. The van der Waals surface area contributed by atoms with Gasteiger partial charge in [-0.2, -0.15) is 0 Å². The van der Waals surface area contributed by atoms with Crippen LogP contribution in [0.4, 0.5) is 0 Å². The molecule has 28 heavy (non-hydrogen) atoms. The van der Waals surface area contributed by atoms with Crippen LogP contribution in [0.2, 0.25) is 0 Å². The normalized spacial score (nSPS) is 10.9. The predicted octanol–water partition coefficient (Wildman–Crippen LogP) is 4.33. The minimum absolute atomic E-state index is 0.0239. The van der Waals surface area contributed by atoms with E-state index in [1.807, 2.05) is 66.7 Å². The lowest BCUT2D eigenvalue weighted by Crippen LogP contribution is -2.30. The van der Waals surface area contributed by atoms with Crippen LogP contribution in [-0.4, -0.2) is 26.2 Å². The largest absolute Gasteiger partial charge is 0.497 e. The number of benzene rings is 3. The molecule has 0 atom stereocenters. The second kappa shape index (κ2) is 8.05. The molecular formula is C23H21NO4. The van der Waals surface area contributed by atoms with E-state index in [0.29, 0.717) is 12.3 Å². The maximum atomic E-state index is 12.1. The van der Waals surface area contributed by atoms with E-state index in [4.69, 9.17) is 13.9 Å². The van der Waals surface area contributed by atoms with Gasteiger partial charge in [-0.3, -0.25) is 4.79 Å². The Labute approximate surface area is 162 Å². The number of carbonyl (C=O) groups is 1. The highest BCUT2D eigenvalue weighted by atomic mass is 16.5. The summed E-state index contributed by atoms with van der Waals surface area (Å²) in [6, 6.07) is 21.3. The Morgan fingerprint density at radius 1 is 0.929 bits per heavy atom. The summed E-state index contributed by atoms with van der Waals surface area (Å²) in [6.07, 6.45) is 0.753. The topological polar surface area (TPSA) is 60.7 Å². The van der Waals surface area contributed by atoms with Crippen LogP contribution < -0.4 is 14.8 Å². The molecule has 5 nitrogen and oxygen atoms in total. The Balaban J connectivity index is 1.31. The van der Waals surface area contributed by atoms with Crippen LogP contribution in [0.3, 0.4) is 0 Å². The Morgan fingerprint density at radius 2 is 1.68 bits per heavy atom. The monoisotopic (exact) mass is 375 g/mol. The molecule has 0 fully saturated rings. The molecule has 0 aliphatic heterocycles. The number of furan rings is 1. The molecule has 3 aromatic carbocycles. The molecule has 1 aromatic heterocycles. The summed E-state index contributed by atoms with van der Waals surface area (Å²) in [7, 11) is 1.64. The number of nitrogens with one attached hydrogen (secondary N) is 1. The molecule has 142 valence electrons. The first kappa shape index (κ1) is 17.9. The van der Waals surface area contributed by atoms with E-state index < -0.39 is 0 Å². The first-order chi connectivity index (χ1) is 13.7. The van der Waals surface area contributed by atoms with E-state index in [1.54, 1.807) is 7.11 Å². The summed E-state index contributed by atoms with van der Waals surface area (Å²) in [5, 5.41) is 4.89. The first-order valence-electron chi connectivity index (χ1n) is 9.16. The van der Waals surface area contributed by atoms with Crippen molar-refractivity contribution < 1.29 is 18.7 Å². The van der Waals surface area contributed by atoms with Crippen molar-refractivity contribution in [1.82, 2.24) is 5.32 Å². The number of ether oxygens (including phenoxy) is 2. The lowest BCUT2D eigenvalue weighted by atomic mass is 10.1. The van der Waals surface area contributed by atoms with Crippen LogP contribution in [-0.2, 0) is 11.2 Å². The van der Waals surface area contributed by atoms with Gasteiger partial charge in [0.05, 0.1) is 7.11 Å². The van der Waals surface area contributed by atoms with Crippen molar-refractivity contribution in [3.63, 3.8) is 0 Å². The lowest BCUT2D eigenvalue weighted by molar-refractivity contribution is -0.123. The van der Waals surface area contributed by atoms with Crippen molar-refractivity contribution in [3.8, 4) is 11.5 Å². The molecule has 1 heterocycles. The van der Waals surface area contributed by atoms with E-state index in [0.717, 1.165) is 39.7 Å². The van der Waals surface area contributed by atoms with E-state index in [1.165, 1.54) is 0 Å². The van der Waals surface area contributed by atoms with Gasteiger partial charge in [-0.15, -0.1) is 0 Å². The van der Waals surface area contributed by atoms with Gasteiger partial charge in [0.1, 0.15) is 22.7 Å². The molecule has 4 aromatic rings. The van der Waals surface area contributed by atoms with Gasteiger partial charge >= 0.3 is 0 Å². The van der Waals surface area contributed by atoms with Crippen LogP contribution >= 0.6 is 0 Å². The summed E-state index contributed by atoms with van der Waals surface area (Å²) >= 11 is 0. The van der Waals surface area contributed by atoms with Gasteiger partial charge in [-0.1, -0.05) is 30.3 Å². The minimum Gasteiger partial charge on any atom is -0.497 e. The molecule has 0 aliphatic rings. The third-order valence-corrected chi connectivity index (χ3v) is 4.61. The van der Waals surface area contributed by atoms with Gasteiger partial charge in [-0.05, 0) is 48.4 Å². The molecule has 1 amide bonds. The zero-order valence-electron chi connectivity index (χ0n) is 15.6. The summed E-state index contributed by atoms with van der Waals surface area (Å²) in [5.41, 5.74) is 2.78. The number of carbonyl (C=O) groups excluding carboxylic acids is 1. The number of rotatable bonds is 7. The lowest BCUT2D eigenvalue weighted by Gasteiger charge is -2.08. The number of para-hydroxylation sites is 1. The summed E-state index contributed by atoms with van der Waals surface area (Å²) in [6.45, 7) is 0.532. The molecule has 0 unspecified atom stereocenters. The molecule has 0 radical (unpaired) electrons. The smallest absolute Gasteiger partial charge is 0.257 e. The summed E-state index contributed by atoms with van der Waals surface area (Å²) in [5.74, 6) is 1.32. The van der Waals surface area contributed by atoms with Gasteiger partial charge in [-0.25, -0.2) is 0 Å². The first-order valence-corrected chi connectivity index (χ1v) is 9.16. The number of methoxy groups -OCH3 is 1. The van der Waals surface area contributed by atoms with E-state index >= 15 is 0 Å². The van der Waals surface area contributed by atoms with Crippen molar-refractivity contribution in [2.45, 2.75) is 6.42 Å². The van der Waals surface area contributed by atoms with Gasteiger partial charge < -0.3 is 19.2 Å². The van der Waals surface area contributed by atoms with Crippen LogP contribution in [0.1, 0.15) is 5.56 Å². The molecular weight excluding hydrogens is 354 g/mol. The van der Waals surface area contributed by atoms with Crippen LogP contribution in [0.25, 0.3) is 21.9 Å². The summed E-state index contributed by atoms with van der Waals surface area (Å²) < 4.78 is 16.6. The fraction of sp³-hybridized carbons (Fsp3) is 0.174. The zero-order valence-corrected chi connectivity index (χ0v) is 15.6. The van der Waals surface area contributed by atoms with Crippen molar-refractivity contribution in [2.24, 2.45) is 0 Å². The van der Waals surface area contributed by atoms with Crippen molar-refractivity contribution in [3.05, 3.63) is 72.3 Å². The number of hydrogen-bond acceptors (Lipinski definition) is 4. The second-order valence-electron chi connectivity index (χ2n) is 6.49. The third-order valence-electron chi connectivity index (χ3n) is 4.61. The third kappa shape index (κ3) is 3.93. The van der Waals surface area contributed by atoms with Crippen LogP contribution in [0, 0.1) is 0 Å². The highest BCUT2D eigenvalue weighted by molar-refractivity contribution is 6.05. The number of fused-ring (bicyclic) bond motifs is 3. The summed E-state index contributed by atoms with van der Waals surface area (Å²) in [4.78, 5) is 12.1. The maximum absolute atomic E-state index is 12.1. The highest BCUT2D eigenvalue weighted by Crippen LogP contribution is 2.31. The van der Waals surface area contributed by atoms with Crippen molar-refractivity contribution >= 4 is 27.8 Å². The van der Waals surface area contributed by atoms with E-state index in [-0.39, 0.29) is 12.5 Å². The molecule has 0 bridgehead atoms. The standard InChI is InChI=1S/C23H21NO4/c1-26-17-8-6-16(7-9-17)12-13-24-23(25)15-27-18-10-11-22-20(14-18)19-4-2-3-5-21(19)28-22/h2-11,14H,12-13,15H2,1H3,(H,24,25). The van der Waals surface area contributed by atoms with Gasteiger partial charge in [0.2, 0.25) is 0 Å². The Kier molecular flexibility index (Phi) is 5.15. The molecule has 0 spiro atoms. The van der Waals surface area contributed by atoms with Gasteiger partial charge in [0.15, 0.2) is 6.61 Å². The van der Waals surface area contributed by atoms with Crippen molar-refractivity contribution in [1.29, 1.82) is 0 Å². The number of amides is 1. The average Bonchev–Trinajstić information content (AvgIpc) is 3.11. The van der Waals surface area contributed by atoms with Gasteiger partial charge in [0.25, 0.3) is 5.91 Å². The Morgan fingerprint density at radius 3 is 2.50 bits per heavy atom. The predicted molar refractivity (Wildman–Crippen MR) is 109 cm³/mol. The highest BCUT2D eigenvalue weighted by Gasteiger charge is 2.08. The fourth-order valence-electron chi connectivity index (χ4n) is 3.13. The molecule has 0 aliphatic carbocycles. The van der Waals surface area contributed by atoms with Gasteiger partial charge in [0, 0.05) is 17.3 Å². The minimum atomic E-state index is -0.148. The number of hydrogen-bond donors (Lipinski definition) is 1. The maximum Gasteiger partial charge on any atom is 0.257 e. The van der Waals surface area contributed by atoms with E-state index in [2.05, 4.69) is 5.32 Å². The average molecular weight is 375 g/mol. The molecule has 0 saturated heterocycles. The molecule has 0 saturated carbocycles. The zero-order chi connectivity index (χ0) is 19.3. The van der Waals surface area contributed by atoms with Crippen LogP contribution in [0.5, 0.6) is 11.5 Å². The Bertz CT molecular complexity index is 1100. The van der Waals surface area contributed by atoms with Crippen molar-refractivity contribution in [2.75, 3.05) is 20.3 Å². The second-order valence-corrected chi connectivity index (χ2v) is 6.49. The fourth-order valence-corrected chi connectivity index (χ4v) is 3.13. The van der Waals surface area contributed by atoms with E-state index in [9.17, 15) is 4.79 Å².